The number of aromatic amines is 1. The van der Waals surface area contributed by atoms with Crippen molar-refractivity contribution in [2.75, 3.05) is 51.1 Å². The van der Waals surface area contributed by atoms with Crippen LogP contribution < -0.4 is 15.0 Å². The van der Waals surface area contributed by atoms with Gasteiger partial charge in [-0.15, -0.1) is 0 Å². The number of anilines is 2. The Labute approximate surface area is 269 Å². The Morgan fingerprint density at radius 2 is 1.76 bits per heavy atom. The van der Waals surface area contributed by atoms with E-state index in [0.29, 0.717) is 6.67 Å². The highest BCUT2D eigenvalue weighted by atomic mass is 19.1. The maximum Gasteiger partial charge on any atom is 0.138 e. The molecular formula is C37H40FN7O. The van der Waals surface area contributed by atoms with Crippen molar-refractivity contribution >= 4 is 28.0 Å². The van der Waals surface area contributed by atoms with Gasteiger partial charge in [0, 0.05) is 66.0 Å². The SMILES string of the molecule is CN(C)CCNc1cc(F)cc(-c2cncc3[nH]c(C4=NCN(C)c5ccc(-c6cncc(OC7CCCCC7)c6)cc54)cc23)c1. The number of fused-ring (bicyclic) bond motifs is 2. The molecule has 2 aromatic carbocycles. The van der Waals surface area contributed by atoms with Gasteiger partial charge in [-0.1, -0.05) is 12.5 Å². The predicted octanol–water partition coefficient (Wildman–Crippen LogP) is 7.36. The zero-order valence-corrected chi connectivity index (χ0v) is 26.7. The Balaban J connectivity index is 1.22. The molecule has 0 saturated heterocycles. The van der Waals surface area contributed by atoms with E-state index in [1.165, 1.54) is 25.3 Å². The predicted molar refractivity (Wildman–Crippen MR) is 185 cm³/mol. The van der Waals surface area contributed by atoms with E-state index in [4.69, 9.17) is 9.73 Å². The Hall–Kier alpha value is -4.76. The number of hydrogen-bond acceptors (Lipinski definition) is 7. The van der Waals surface area contributed by atoms with Crippen LogP contribution in [0.1, 0.15) is 43.4 Å². The minimum atomic E-state index is -0.290. The van der Waals surface area contributed by atoms with Crippen LogP contribution in [0.3, 0.4) is 0 Å². The molecule has 0 amide bonds. The molecule has 2 aliphatic rings. The first-order valence-corrected chi connectivity index (χ1v) is 16.1. The molecule has 4 heterocycles. The first-order chi connectivity index (χ1) is 22.4. The quantitative estimate of drug-likeness (QED) is 0.180. The molecule has 2 N–H and O–H groups in total. The number of aliphatic imine (C=N–C) groups is 1. The van der Waals surface area contributed by atoms with Crippen LogP contribution in [-0.4, -0.2) is 72.6 Å². The van der Waals surface area contributed by atoms with Crippen molar-refractivity contribution in [3.05, 3.63) is 90.4 Å². The lowest BCUT2D eigenvalue weighted by Gasteiger charge is -2.27. The summed E-state index contributed by atoms with van der Waals surface area (Å²) in [6, 6.07) is 15.8. The molecule has 0 spiro atoms. The summed E-state index contributed by atoms with van der Waals surface area (Å²) in [6.07, 6.45) is 13.5. The lowest BCUT2D eigenvalue weighted by atomic mass is 9.96. The zero-order chi connectivity index (χ0) is 31.6. The molecule has 5 aromatic rings. The number of rotatable bonds is 9. The molecule has 0 atom stereocenters. The maximum absolute atomic E-state index is 14.8. The van der Waals surface area contributed by atoms with Crippen molar-refractivity contribution in [3.8, 4) is 28.0 Å². The van der Waals surface area contributed by atoms with Crippen LogP contribution >= 0.6 is 0 Å². The monoisotopic (exact) mass is 617 g/mol. The van der Waals surface area contributed by atoms with Crippen LogP contribution in [-0.2, 0) is 0 Å². The number of halogens is 1. The van der Waals surface area contributed by atoms with Crippen molar-refractivity contribution in [1.82, 2.24) is 19.9 Å². The highest BCUT2D eigenvalue weighted by Gasteiger charge is 2.23. The van der Waals surface area contributed by atoms with Crippen LogP contribution in [0.2, 0.25) is 0 Å². The fraction of sp³-hybridized carbons (Fsp3) is 0.324. The van der Waals surface area contributed by atoms with Crippen molar-refractivity contribution < 1.29 is 9.13 Å². The third-order valence-corrected chi connectivity index (χ3v) is 8.90. The number of hydrogen-bond donors (Lipinski definition) is 2. The van der Waals surface area contributed by atoms with E-state index in [1.54, 1.807) is 12.3 Å². The number of ether oxygens (including phenoxy) is 1. The van der Waals surface area contributed by atoms with Gasteiger partial charge in [0.1, 0.15) is 18.2 Å². The Morgan fingerprint density at radius 3 is 2.61 bits per heavy atom. The minimum absolute atomic E-state index is 0.265. The van der Waals surface area contributed by atoms with Crippen LogP contribution in [0.15, 0.2) is 78.3 Å². The molecule has 1 saturated carbocycles. The molecule has 7 rings (SSSR count). The number of pyridine rings is 2. The van der Waals surface area contributed by atoms with E-state index in [0.717, 1.165) is 93.2 Å². The third-order valence-electron chi connectivity index (χ3n) is 8.90. The molecule has 0 bridgehead atoms. The number of likely N-dealkylation sites (N-methyl/N-ethyl adjacent to an activating group) is 1. The average Bonchev–Trinajstić information content (AvgIpc) is 3.49. The molecule has 9 heteroatoms. The normalized spacial score (nSPS) is 15.2. The van der Waals surface area contributed by atoms with Crippen LogP contribution in [0, 0.1) is 5.82 Å². The highest BCUT2D eigenvalue weighted by Crippen LogP contribution is 2.36. The van der Waals surface area contributed by atoms with Gasteiger partial charge in [-0.25, -0.2) is 4.39 Å². The fourth-order valence-corrected chi connectivity index (χ4v) is 6.50. The van der Waals surface area contributed by atoms with Gasteiger partial charge in [-0.05, 0) is 93.4 Å². The summed E-state index contributed by atoms with van der Waals surface area (Å²) in [6.45, 7) is 2.11. The second-order valence-corrected chi connectivity index (χ2v) is 12.7. The lowest BCUT2D eigenvalue weighted by Crippen LogP contribution is -2.26. The van der Waals surface area contributed by atoms with E-state index in [9.17, 15) is 4.39 Å². The smallest absolute Gasteiger partial charge is 0.138 e. The molecule has 0 unspecified atom stereocenters. The highest BCUT2D eigenvalue weighted by molar-refractivity contribution is 6.18. The van der Waals surface area contributed by atoms with Gasteiger partial charge in [-0.3, -0.25) is 15.0 Å². The van der Waals surface area contributed by atoms with E-state index < -0.39 is 0 Å². The minimum Gasteiger partial charge on any atom is -0.489 e. The van der Waals surface area contributed by atoms with Gasteiger partial charge in [0.15, 0.2) is 0 Å². The van der Waals surface area contributed by atoms with Crippen molar-refractivity contribution in [3.63, 3.8) is 0 Å². The lowest BCUT2D eigenvalue weighted by molar-refractivity contribution is 0.154. The molecule has 236 valence electrons. The van der Waals surface area contributed by atoms with Gasteiger partial charge in [0.05, 0.1) is 35.4 Å². The molecule has 46 heavy (non-hydrogen) atoms. The molecule has 1 aliphatic heterocycles. The largest absolute Gasteiger partial charge is 0.489 e. The van der Waals surface area contributed by atoms with Crippen molar-refractivity contribution in [2.24, 2.45) is 4.99 Å². The van der Waals surface area contributed by atoms with Crippen molar-refractivity contribution in [2.45, 2.75) is 38.2 Å². The number of nitrogens with zero attached hydrogens (tertiary/aromatic N) is 5. The van der Waals surface area contributed by atoms with Gasteiger partial charge < -0.3 is 24.8 Å². The van der Waals surface area contributed by atoms with Crippen LogP contribution in [0.5, 0.6) is 5.75 Å². The third kappa shape index (κ3) is 6.33. The molecule has 1 aliphatic carbocycles. The summed E-state index contributed by atoms with van der Waals surface area (Å²) < 4.78 is 21.1. The fourth-order valence-electron chi connectivity index (χ4n) is 6.50. The Kier molecular flexibility index (Phi) is 8.41. The summed E-state index contributed by atoms with van der Waals surface area (Å²) in [5.74, 6) is 0.527. The summed E-state index contributed by atoms with van der Waals surface area (Å²) in [5, 5.41) is 4.31. The van der Waals surface area contributed by atoms with Gasteiger partial charge in [0.25, 0.3) is 0 Å². The maximum atomic E-state index is 14.8. The van der Waals surface area contributed by atoms with Crippen molar-refractivity contribution in [1.29, 1.82) is 0 Å². The number of H-pyrrole nitrogens is 1. The van der Waals surface area contributed by atoms with E-state index in [2.05, 4.69) is 67.4 Å². The topological polar surface area (TPSA) is 81.7 Å². The van der Waals surface area contributed by atoms with Crippen LogP contribution in [0.4, 0.5) is 15.8 Å². The number of benzene rings is 2. The molecule has 1 fully saturated rings. The average molecular weight is 618 g/mol. The Morgan fingerprint density at radius 1 is 0.913 bits per heavy atom. The zero-order valence-electron chi connectivity index (χ0n) is 26.7. The summed E-state index contributed by atoms with van der Waals surface area (Å²) >= 11 is 0. The Bertz CT molecular complexity index is 1890. The van der Waals surface area contributed by atoms with Gasteiger partial charge >= 0.3 is 0 Å². The summed E-state index contributed by atoms with van der Waals surface area (Å²) in [5.41, 5.74) is 9.21. The molecule has 3 aromatic heterocycles. The van der Waals surface area contributed by atoms with Gasteiger partial charge in [0.2, 0.25) is 0 Å². The first-order valence-electron chi connectivity index (χ1n) is 16.1. The second-order valence-electron chi connectivity index (χ2n) is 12.7. The second kappa shape index (κ2) is 12.9. The molecular weight excluding hydrogens is 577 g/mol. The van der Waals surface area contributed by atoms with Crippen LogP contribution in [0.25, 0.3) is 33.2 Å². The summed E-state index contributed by atoms with van der Waals surface area (Å²) in [7, 11) is 6.09. The standard InChI is InChI=1S/C37H40FN7O/c1-44(2)12-11-41-28-14-25(13-27(38)17-28)33-21-40-22-35-31(33)18-34(43-35)37-32-16-24(9-10-36(32)45(3)23-42-37)26-15-30(20-39-19-26)46-29-7-5-4-6-8-29/h9-10,13-22,29,41,43H,4-8,11-12,23H2,1-3H3. The molecule has 8 nitrogen and oxygen atoms in total. The number of nitrogens with one attached hydrogen (secondary N) is 2. The van der Waals surface area contributed by atoms with E-state index in [-0.39, 0.29) is 11.9 Å². The van der Waals surface area contributed by atoms with E-state index >= 15 is 0 Å². The summed E-state index contributed by atoms with van der Waals surface area (Å²) in [4.78, 5) is 21.8. The molecule has 0 radical (unpaired) electrons. The van der Waals surface area contributed by atoms with E-state index in [1.807, 2.05) is 38.8 Å². The number of aromatic nitrogens is 3. The van der Waals surface area contributed by atoms with Gasteiger partial charge in [-0.2, -0.15) is 0 Å². The first kappa shape index (κ1) is 29.9.